The number of carbonyl (C=O) groups is 6. The third-order valence-corrected chi connectivity index (χ3v) is 11.9. The Labute approximate surface area is 479 Å². The van der Waals surface area contributed by atoms with Crippen molar-refractivity contribution in [2.45, 2.75) is 143 Å². The van der Waals surface area contributed by atoms with E-state index >= 15 is 0 Å². The number of esters is 2. The molecule has 1 aliphatic rings. The lowest BCUT2D eigenvalue weighted by Crippen LogP contribution is -2.50. The number of benzene rings is 2. The predicted molar refractivity (Wildman–Crippen MR) is 329 cm³/mol. The highest BCUT2D eigenvalue weighted by Gasteiger charge is 2.26. The summed E-state index contributed by atoms with van der Waals surface area (Å²) in [4.78, 5) is 76.0. The Hall–Kier alpha value is -7.66. The zero-order chi connectivity index (χ0) is 57.9. The Bertz CT molecular complexity index is 2490. The van der Waals surface area contributed by atoms with Crippen molar-refractivity contribution in [3.8, 4) is 11.5 Å². The lowest BCUT2D eigenvalue weighted by molar-refractivity contribution is -0.133. The van der Waals surface area contributed by atoms with Crippen LogP contribution < -0.4 is 14.8 Å². The molecule has 3 amide bonds. The van der Waals surface area contributed by atoms with Crippen LogP contribution in [0, 0.1) is 0 Å². The number of carbonyl (C=O) groups excluding carboxylic acids is 6. The highest BCUT2D eigenvalue weighted by molar-refractivity contribution is 5.98. The number of amides is 3. The fourth-order valence-corrected chi connectivity index (χ4v) is 7.71. The fraction of sp³-hybridized carbons (Fsp3) is 0.391. The molecular formula is C69H91N3O8. The van der Waals surface area contributed by atoms with Gasteiger partial charge in [0.2, 0.25) is 5.91 Å². The van der Waals surface area contributed by atoms with E-state index in [2.05, 4.69) is 159 Å². The van der Waals surface area contributed by atoms with Gasteiger partial charge in [0.05, 0.1) is 11.1 Å². The quantitative estimate of drug-likeness (QED) is 0.0308. The van der Waals surface area contributed by atoms with Gasteiger partial charge in [-0.05, 0) is 121 Å². The molecule has 80 heavy (non-hydrogen) atoms. The molecule has 11 heteroatoms. The molecule has 0 aliphatic carbocycles. The van der Waals surface area contributed by atoms with Gasteiger partial charge in [-0.25, -0.2) is 0 Å². The van der Waals surface area contributed by atoms with E-state index in [-0.39, 0.29) is 35.0 Å². The van der Waals surface area contributed by atoms with E-state index in [0.29, 0.717) is 76.0 Å². The summed E-state index contributed by atoms with van der Waals surface area (Å²) >= 11 is 0. The molecule has 1 heterocycles. The minimum absolute atomic E-state index is 0.108. The van der Waals surface area contributed by atoms with E-state index < -0.39 is 11.9 Å². The molecule has 1 N–H and O–H groups in total. The van der Waals surface area contributed by atoms with E-state index in [0.717, 1.165) is 83.5 Å². The molecule has 0 unspecified atom stereocenters. The van der Waals surface area contributed by atoms with Crippen molar-refractivity contribution in [2.75, 3.05) is 32.7 Å². The molecule has 1 aliphatic heterocycles. The Morgan fingerprint density at radius 2 is 0.762 bits per heavy atom. The summed E-state index contributed by atoms with van der Waals surface area (Å²) < 4.78 is 10.2. The van der Waals surface area contributed by atoms with Crippen LogP contribution >= 0.6 is 0 Å². The Balaban J connectivity index is 0.000000548. The molecule has 0 aromatic heterocycles. The topological polar surface area (TPSA) is 139 Å². The van der Waals surface area contributed by atoms with Crippen LogP contribution in [0.5, 0.6) is 11.5 Å². The monoisotopic (exact) mass is 1090 g/mol. The third kappa shape index (κ3) is 35.7. The number of nitrogens with one attached hydrogen (secondary N) is 1. The summed E-state index contributed by atoms with van der Waals surface area (Å²) in [5.74, 6) is -0.666. The summed E-state index contributed by atoms with van der Waals surface area (Å²) in [7, 11) is 0. The van der Waals surface area contributed by atoms with Gasteiger partial charge in [0.25, 0.3) is 11.8 Å². The first-order valence-corrected chi connectivity index (χ1v) is 28.8. The second-order valence-electron chi connectivity index (χ2n) is 18.7. The highest BCUT2D eigenvalue weighted by Crippen LogP contribution is 2.22. The van der Waals surface area contributed by atoms with E-state index in [4.69, 9.17) is 9.47 Å². The Morgan fingerprint density at radius 1 is 0.425 bits per heavy atom. The number of Topliss-reactive ketones (excluding diaryl/α,β-unsaturated/α-hetero) is 1. The van der Waals surface area contributed by atoms with Gasteiger partial charge in [-0.3, -0.25) is 28.8 Å². The third-order valence-electron chi connectivity index (χ3n) is 11.9. The maximum Gasteiger partial charge on any atom is 0.308 e. The molecule has 0 saturated carbocycles. The van der Waals surface area contributed by atoms with Gasteiger partial charge in [0.1, 0.15) is 17.3 Å². The normalized spacial score (nSPS) is 13.4. The molecule has 430 valence electrons. The first-order valence-electron chi connectivity index (χ1n) is 28.8. The van der Waals surface area contributed by atoms with E-state index in [1.165, 1.54) is 13.8 Å². The van der Waals surface area contributed by atoms with E-state index in [1.54, 1.807) is 53.4 Å². The summed E-state index contributed by atoms with van der Waals surface area (Å²) in [5.41, 5.74) is 0.664. The Kier molecular flexibility index (Phi) is 40.5. The maximum absolute atomic E-state index is 12.9. The van der Waals surface area contributed by atoms with Gasteiger partial charge in [-0.15, -0.1) is 0 Å². The number of rotatable bonds is 36. The van der Waals surface area contributed by atoms with Gasteiger partial charge in [-0.2, -0.15) is 0 Å². The average molecular weight is 1090 g/mol. The largest absolute Gasteiger partial charge is 0.426 e. The van der Waals surface area contributed by atoms with Gasteiger partial charge in [-0.1, -0.05) is 184 Å². The van der Waals surface area contributed by atoms with Crippen molar-refractivity contribution in [1.82, 2.24) is 15.1 Å². The maximum atomic E-state index is 12.9. The van der Waals surface area contributed by atoms with Crippen molar-refractivity contribution < 1.29 is 38.2 Å². The lowest BCUT2D eigenvalue weighted by atomic mass is 10.1. The zero-order valence-electron chi connectivity index (χ0n) is 48.4. The average Bonchev–Trinajstić information content (AvgIpc) is 3.45. The van der Waals surface area contributed by atoms with Gasteiger partial charge < -0.3 is 24.6 Å². The SMILES string of the molecule is CC/C=C\C/C=C\C/C=C\C/C=C\C/C=C\C/C=C\CCC(=O)CCCNC(=O)c1ccccc1OC(C)=O.CC/C=C\C/C=C\C/C=C\C/C=C\C/C=C\C/C=C\CCC(=O)N1CCN(C(=O)c2ccccc2OC(C)=O)CC1. The molecule has 1 saturated heterocycles. The minimum Gasteiger partial charge on any atom is -0.426 e. The van der Waals surface area contributed by atoms with Crippen LogP contribution in [0.25, 0.3) is 0 Å². The number of allylic oxidation sites excluding steroid dienone is 24. The molecule has 0 radical (unpaired) electrons. The lowest BCUT2D eigenvalue weighted by Gasteiger charge is -2.35. The second-order valence-corrected chi connectivity index (χ2v) is 18.7. The summed E-state index contributed by atoms with van der Waals surface area (Å²) in [5, 5.41) is 2.78. The number of hydrogen-bond acceptors (Lipinski definition) is 8. The molecule has 0 bridgehead atoms. The van der Waals surface area contributed by atoms with Crippen LogP contribution in [-0.4, -0.2) is 78.0 Å². The van der Waals surface area contributed by atoms with Crippen LogP contribution in [0.15, 0.2) is 194 Å². The highest BCUT2D eigenvalue weighted by atomic mass is 16.5. The molecule has 2 aromatic carbocycles. The van der Waals surface area contributed by atoms with E-state index in [9.17, 15) is 28.8 Å². The molecule has 3 rings (SSSR count). The van der Waals surface area contributed by atoms with Gasteiger partial charge in [0.15, 0.2) is 0 Å². The number of piperazine rings is 1. The first kappa shape index (κ1) is 68.4. The van der Waals surface area contributed by atoms with Crippen molar-refractivity contribution in [2.24, 2.45) is 0 Å². The molecule has 0 atom stereocenters. The van der Waals surface area contributed by atoms with Gasteiger partial charge in [0, 0.05) is 65.8 Å². The van der Waals surface area contributed by atoms with Crippen LogP contribution in [0.4, 0.5) is 0 Å². The molecular weight excluding hydrogens is 999 g/mol. The van der Waals surface area contributed by atoms with Crippen molar-refractivity contribution >= 4 is 35.4 Å². The summed E-state index contributed by atoms with van der Waals surface area (Å²) in [6, 6.07) is 13.3. The molecule has 2 aromatic rings. The standard InChI is InChI=1S/C35H46N2O4.C34H45NO4/c1-3-4-5-6-7-8-9-10-11-12-13-14-15-16-17-18-19-20-21-26-34(39)36-27-29-37(30-28-36)35(40)32-24-22-23-25-33(32)41-31(2)38;1-3-4-5-6-7-8-9-10-11-12-13-14-15-16-17-18-19-20-21-25-31(37)26-24-29-35-34(38)32-27-22-23-28-33(32)39-30(2)36/h4-5,7-8,10-11,13-14,16-17,19-20,22-25H,3,6,9,12,15,18,21,26-30H2,1-2H3;4-5,7-8,10-11,13-14,16-17,19-20,22-23,27-28H,3,6,9,12,15,18,21,24-26,29H2,1-2H3,(H,35,38)/b2*5-4-,8-7-,11-10-,14-13-,17-16-,20-19-. The predicted octanol–water partition coefficient (Wildman–Crippen LogP) is 15.5. The molecule has 0 spiro atoms. The first-order chi connectivity index (χ1) is 39.1. The number of nitrogens with zero attached hydrogens (tertiary/aromatic N) is 2. The van der Waals surface area contributed by atoms with Crippen LogP contribution in [0.1, 0.15) is 164 Å². The Morgan fingerprint density at radius 3 is 1.16 bits per heavy atom. The van der Waals surface area contributed by atoms with E-state index in [1.807, 2.05) is 11.0 Å². The minimum atomic E-state index is -0.479. The number of hydrogen-bond donors (Lipinski definition) is 1. The molecule has 11 nitrogen and oxygen atoms in total. The second kappa shape index (κ2) is 47.3. The van der Waals surface area contributed by atoms with Crippen molar-refractivity contribution in [1.29, 1.82) is 0 Å². The van der Waals surface area contributed by atoms with Crippen molar-refractivity contribution in [3.05, 3.63) is 205 Å². The fourth-order valence-electron chi connectivity index (χ4n) is 7.71. The smallest absolute Gasteiger partial charge is 0.308 e. The van der Waals surface area contributed by atoms with Crippen LogP contribution in [-0.2, 0) is 19.2 Å². The van der Waals surface area contributed by atoms with Crippen molar-refractivity contribution in [3.63, 3.8) is 0 Å². The van der Waals surface area contributed by atoms with Crippen LogP contribution in [0.3, 0.4) is 0 Å². The number of para-hydroxylation sites is 2. The van der Waals surface area contributed by atoms with Crippen LogP contribution in [0.2, 0.25) is 0 Å². The number of ketones is 1. The van der Waals surface area contributed by atoms with Gasteiger partial charge >= 0.3 is 11.9 Å². The number of ether oxygens (including phenoxy) is 2. The summed E-state index contributed by atoms with van der Waals surface area (Å²) in [6.45, 7) is 9.21. The zero-order valence-corrected chi connectivity index (χ0v) is 48.4. The summed E-state index contributed by atoms with van der Waals surface area (Å²) in [6.07, 6.45) is 67.1. The molecule has 1 fully saturated rings.